The lowest BCUT2D eigenvalue weighted by molar-refractivity contribution is -0.385. The summed E-state index contributed by atoms with van der Waals surface area (Å²) in [5.41, 5.74) is 5.33. The predicted octanol–water partition coefficient (Wildman–Crippen LogP) is 1.47. The molecule has 96 valence electrons. The molecule has 0 saturated heterocycles. The van der Waals surface area contributed by atoms with Crippen molar-refractivity contribution in [3.8, 4) is 0 Å². The van der Waals surface area contributed by atoms with Gasteiger partial charge >= 0.3 is 0 Å². The van der Waals surface area contributed by atoms with E-state index in [1.54, 1.807) is 0 Å². The zero-order valence-corrected chi connectivity index (χ0v) is 10.2. The molecule has 2 rings (SSSR count). The van der Waals surface area contributed by atoms with Crippen LogP contribution in [0.2, 0.25) is 5.02 Å². The van der Waals surface area contributed by atoms with Crippen LogP contribution in [0.3, 0.4) is 0 Å². The largest absolute Gasteiger partial charge is 0.349 e. The van der Waals surface area contributed by atoms with Gasteiger partial charge in [-0.25, -0.2) is 0 Å². The van der Waals surface area contributed by atoms with Gasteiger partial charge in [0, 0.05) is 23.2 Å². The van der Waals surface area contributed by atoms with Gasteiger partial charge in [-0.05, 0) is 25.0 Å². The van der Waals surface area contributed by atoms with E-state index in [2.05, 4.69) is 5.32 Å². The van der Waals surface area contributed by atoms with E-state index in [0.29, 0.717) is 12.8 Å². The van der Waals surface area contributed by atoms with Crippen molar-refractivity contribution in [1.29, 1.82) is 0 Å². The Labute approximate surface area is 108 Å². The number of amides is 1. The molecule has 0 heterocycles. The molecule has 1 saturated carbocycles. The number of carbonyl (C=O) groups excluding carboxylic acids is 1. The highest BCUT2D eigenvalue weighted by molar-refractivity contribution is 6.31. The van der Waals surface area contributed by atoms with Crippen molar-refractivity contribution in [2.45, 2.75) is 24.9 Å². The zero-order valence-electron chi connectivity index (χ0n) is 9.43. The van der Waals surface area contributed by atoms with E-state index in [9.17, 15) is 14.9 Å². The number of benzene rings is 1. The number of carbonyl (C=O) groups is 1. The summed E-state index contributed by atoms with van der Waals surface area (Å²) in [7, 11) is 0. The minimum atomic E-state index is -0.618. The smallest absolute Gasteiger partial charge is 0.283 e. The molecule has 1 aliphatic carbocycles. The fourth-order valence-corrected chi connectivity index (χ4v) is 2.06. The summed E-state index contributed by atoms with van der Waals surface area (Å²) < 4.78 is 0. The second-order valence-corrected chi connectivity index (χ2v) is 4.76. The van der Waals surface area contributed by atoms with Crippen LogP contribution in [0.1, 0.15) is 23.2 Å². The topological polar surface area (TPSA) is 98.3 Å². The van der Waals surface area contributed by atoms with E-state index in [0.717, 1.165) is 0 Å². The molecule has 0 atom stereocenters. The number of nitro groups is 1. The summed E-state index contributed by atoms with van der Waals surface area (Å²) in [5.74, 6) is -0.463. The Morgan fingerprint density at radius 1 is 1.50 bits per heavy atom. The standard InChI is InChI=1S/C11H12ClN3O3/c12-6-1-2-9(10(3-6)15(17)18)11(16)14-8-4-7(13)5-8/h1-3,7-8H,4-5,13H2,(H,14,16). The van der Waals surface area contributed by atoms with Crippen molar-refractivity contribution >= 4 is 23.2 Å². The second kappa shape index (κ2) is 4.91. The summed E-state index contributed by atoms with van der Waals surface area (Å²) >= 11 is 5.68. The lowest BCUT2D eigenvalue weighted by atomic mass is 9.87. The molecule has 0 bridgehead atoms. The Morgan fingerprint density at radius 2 is 2.17 bits per heavy atom. The minimum absolute atomic E-state index is 0.00258. The van der Waals surface area contributed by atoms with E-state index >= 15 is 0 Å². The highest BCUT2D eigenvalue weighted by atomic mass is 35.5. The molecule has 7 heteroatoms. The van der Waals surface area contributed by atoms with Gasteiger partial charge in [0.05, 0.1) is 4.92 Å². The number of rotatable bonds is 3. The third-order valence-electron chi connectivity index (χ3n) is 2.91. The second-order valence-electron chi connectivity index (χ2n) is 4.32. The van der Waals surface area contributed by atoms with E-state index in [-0.39, 0.29) is 28.4 Å². The van der Waals surface area contributed by atoms with Crippen LogP contribution in [-0.2, 0) is 0 Å². The Bertz CT molecular complexity index is 500. The average molecular weight is 270 g/mol. The van der Waals surface area contributed by atoms with Crippen molar-refractivity contribution < 1.29 is 9.72 Å². The first-order chi connectivity index (χ1) is 8.47. The van der Waals surface area contributed by atoms with E-state index in [4.69, 9.17) is 17.3 Å². The first-order valence-corrected chi connectivity index (χ1v) is 5.85. The molecule has 1 aromatic carbocycles. The van der Waals surface area contributed by atoms with Crippen LogP contribution in [0.25, 0.3) is 0 Å². The van der Waals surface area contributed by atoms with Crippen LogP contribution >= 0.6 is 11.6 Å². The fourth-order valence-electron chi connectivity index (χ4n) is 1.89. The Kier molecular flexibility index (Phi) is 3.49. The number of hydrogen-bond acceptors (Lipinski definition) is 4. The average Bonchev–Trinajstić information content (AvgIpc) is 2.26. The molecular weight excluding hydrogens is 258 g/mol. The monoisotopic (exact) mass is 269 g/mol. The van der Waals surface area contributed by atoms with Gasteiger partial charge in [-0.15, -0.1) is 0 Å². The number of nitro benzene ring substituents is 1. The van der Waals surface area contributed by atoms with Crippen LogP contribution < -0.4 is 11.1 Å². The number of hydrogen-bond donors (Lipinski definition) is 2. The molecule has 0 radical (unpaired) electrons. The number of nitrogens with two attached hydrogens (primary N) is 1. The van der Waals surface area contributed by atoms with E-state index < -0.39 is 10.8 Å². The van der Waals surface area contributed by atoms with Gasteiger partial charge in [0.25, 0.3) is 11.6 Å². The highest BCUT2D eigenvalue weighted by Gasteiger charge is 2.29. The maximum Gasteiger partial charge on any atom is 0.283 e. The van der Waals surface area contributed by atoms with Crippen molar-refractivity contribution in [1.82, 2.24) is 5.32 Å². The van der Waals surface area contributed by atoms with Gasteiger partial charge in [0.15, 0.2) is 0 Å². The Morgan fingerprint density at radius 3 is 2.72 bits per heavy atom. The Hall–Kier alpha value is -1.66. The molecule has 3 N–H and O–H groups in total. The van der Waals surface area contributed by atoms with Crippen LogP contribution in [-0.4, -0.2) is 22.9 Å². The summed E-state index contributed by atoms with van der Waals surface area (Å²) in [4.78, 5) is 22.1. The van der Waals surface area contributed by atoms with Gasteiger partial charge in [-0.2, -0.15) is 0 Å². The molecule has 0 unspecified atom stereocenters. The zero-order chi connectivity index (χ0) is 13.3. The molecule has 0 spiro atoms. The van der Waals surface area contributed by atoms with Crippen molar-refractivity contribution in [2.24, 2.45) is 5.73 Å². The normalized spacial score (nSPS) is 22.1. The predicted molar refractivity (Wildman–Crippen MR) is 66.6 cm³/mol. The third-order valence-corrected chi connectivity index (χ3v) is 3.15. The first kappa shape index (κ1) is 12.8. The fraction of sp³-hybridized carbons (Fsp3) is 0.364. The van der Waals surface area contributed by atoms with Crippen LogP contribution in [0.5, 0.6) is 0 Å². The summed E-state index contributed by atoms with van der Waals surface area (Å²) in [6.45, 7) is 0. The Balaban J connectivity index is 2.16. The van der Waals surface area contributed by atoms with E-state index in [1.165, 1.54) is 18.2 Å². The quantitative estimate of drug-likeness (QED) is 0.641. The maximum absolute atomic E-state index is 11.9. The van der Waals surface area contributed by atoms with Gasteiger partial charge in [-0.3, -0.25) is 14.9 Å². The van der Waals surface area contributed by atoms with Gasteiger partial charge in [-0.1, -0.05) is 11.6 Å². The van der Waals surface area contributed by atoms with Crippen LogP contribution in [0, 0.1) is 10.1 Å². The molecule has 0 aliphatic heterocycles. The van der Waals surface area contributed by atoms with Gasteiger partial charge in [0.2, 0.25) is 0 Å². The summed E-state index contributed by atoms with van der Waals surface area (Å²) in [6.07, 6.45) is 1.40. The van der Waals surface area contributed by atoms with E-state index in [1.807, 2.05) is 0 Å². The summed E-state index contributed by atoms with van der Waals surface area (Å²) in [6, 6.07) is 4.09. The minimum Gasteiger partial charge on any atom is -0.349 e. The molecular formula is C11H12ClN3O3. The van der Waals surface area contributed by atoms with Crippen LogP contribution in [0.15, 0.2) is 18.2 Å². The number of halogens is 1. The first-order valence-electron chi connectivity index (χ1n) is 5.47. The molecule has 1 fully saturated rings. The maximum atomic E-state index is 11.9. The van der Waals surface area contributed by atoms with Gasteiger partial charge in [0.1, 0.15) is 5.56 Å². The lowest BCUT2D eigenvalue weighted by Crippen LogP contribution is -2.50. The van der Waals surface area contributed by atoms with Gasteiger partial charge < -0.3 is 11.1 Å². The SMILES string of the molecule is NC1CC(NC(=O)c2ccc(Cl)cc2[N+](=O)[O-])C1. The summed E-state index contributed by atoms with van der Waals surface area (Å²) in [5, 5.41) is 13.8. The highest BCUT2D eigenvalue weighted by Crippen LogP contribution is 2.24. The molecule has 0 aromatic heterocycles. The van der Waals surface area contributed by atoms with Crippen molar-refractivity contribution in [2.75, 3.05) is 0 Å². The molecule has 1 aromatic rings. The van der Waals surface area contributed by atoms with Crippen molar-refractivity contribution in [3.05, 3.63) is 38.9 Å². The molecule has 18 heavy (non-hydrogen) atoms. The van der Waals surface area contributed by atoms with Crippen molar-refractivity contribution in [3.63, 3.8) is 0 Å². The molecule has 1 amide bonds. The third kappa shape index (κ3) is 2.60. The number of nitrogens with one attached hydrogen (secondary N) is 1. The molecule has 1 aliphatic rings. The molecule has 6 nitrogen and oxygen atoms in total. The number of nitrogens with zero attached hydrogens (tertiary/aromatic N) is 1. The lowest BCUT2D eigenvalue weighted by Gasteiger charge is -2.32. The van der Waals surface area contributed by atoms with Crippen LogP contribution in [0.4, 0.5) is 5.69 Å².